The van der Waals surface area contributed by atoms with Crippen molar-refractivity contribution in [3.05, 3.63) is 27.7 Å². The van der Waals surface area contributed by atoms with Crippen LogP contribution in [0.4, 0.5) is 0 Å². The number of Topliss-reactive ketones (excluding diaryl/α,β-unsaturated/α-hetero) is 1. The van der Waals surface area contributed by atoms with Crippen molar-refractivity contribution >= 4 is 33.7 Å². The third kappa shape index (κ3) is 4.03. The number of carbonyl (C=O) groups is 3. The Morgan fingerprint density at radius 2 is 1.56 bits per heavy atom. The average Bonchev–Trinajstić information content (AvgIpc) is 2.74. The lowest BCUT2D eigenvalue weighted by atomic mass is 9.90. The lowest BCUT2D eigenvalue weighted by Gasteiger charge is -2.16. The summed E-state index contributed by atoms with van der Waals surface area (Å²) in [5, 5.41) is 0. The van der Waals surface area contributed by atoms with E-state index in [9.17, 15) is 14.4 Å². The summed E-state index contributed by atoms with van der Waals surface area (Å²) >= 11 is 3.47. The predicted molar refractivity (Wildman–Crippen MR) is 93.4 cm³/mol. The minimum Gasteiger partial charge on any atom is -0.496 e. The highest BCUT2D eigenvalue weighted by atomic mass is 79.9. The zero-order valence-electron chi connectivity index (χ0n) is 14.5. The quantitative estimate of drug-likeness (QED) is 0.419. The van der Waals surface area contributed by atoms with Crippen molar-refractivity contribution < 1.29 is 28.6 Å². The van der Waals surface area contributed by atoms with Gasteiger partial charge in [-0.05, 0) is 49.9 Å². The van der Waals surface area contributed by atoms with Crippen LogP contribution in [0.15, 0.2) is 16.6 Å². The largest absolute Gasteiger partial charge is 0.496 e. The van der Waals surface area contributed by atoms with Crippen LogP contribution in [0.5, 0.6) is 5.75 Å². The zero-order chi connectivity index (χ0) is 18.6. The van der Waals surface area contributed by atoms with Crippen molar-refractivity contribution in [1.29, 1.82) is 0 Å². The Kier molecular flexibility index (Phi) is 6.58. The Labute approximate surface area is 154 Å². The van der Waals surface area contributed by atoms with Gasteiger partial charge in [0.25, 0.3) is 0 Å². The summed E-state index contributed by atoms with van der Waals surface area (Å²) in [6, 6.07) is 3.56. The molecule has 0 aromatic heterocycles. The van der Waals surface area contributed by atoms with Crippen molar-refractivity contribution in [3.8, 4) is 5.75 Å². The second-order valence-corrected chi connectivity index (χ2v) is 6.48. The lowest BCUT2D eigenvalue weighted by Crippen LogP contribution is -2.36. The maximum atomic E-state index is 12.9. The first-order valence-electron chi connectivity index (χ1n) is 8.15. The third-order valence-electron chi connectivity index (χ3n) is 4.20. The fourth-order valence-electron chi connectivity index (χ4n) is 3.02. The number of halogens is 1. The van der Waals surface area contributed by atoms with Gasteiger partial charge < -0.3 is 14.2 Å². The summed E-state index contributed by atoms with van der Waals surface area (Å²) < 4.78 is 16.2. The average molecular weight is 413 g/mol. The number of fused-ring (bicyclic) bond motifs is 1. The van der Waals surface area contributed by atoms with E-state index in [1.807, 2.05) is 0 Å². The molecule has 25 heavy (non-hydrogen) atoms. The molecule has 1 aromatic rings. The number of esters is 2. The van der Waals surface area contributed by atoms with Gasteiger partial charge in [-0.2, -0.15) is 0 Å². The third-order valence-corrected chi connectivity index (χ3v) is 4.94. The first-order valence-corrected chi connectivity index (χ1v) is 8.95. The van der Waals surface area contributed by atoms with E-state index >= 15 is 0 Å². The van der Waals surface area contributed by atoms with Gasteiger partial charge in [0.05, 0.1) is 20.3 Å². The molecule has 1 aliphatic rings. The van der Waals surface area contributed by atoms with Gasteiger partial charge in [0.1, 0.15) is 17.6 Å². The molecule has 1 aliphatic carbocycles. The summed E-state index contributed by atoms with van der Waals surface area (Å²) in [5.41, 5.74) is 1.51. The minimum absolute atomic E-state index is 0.130. The van der Waals surface area contributed by atoms with E-state index in [1.54, 1.807) is 26.0 Å². The SMILES string of the molecule is CCOC(=O)C1Cc2c(Br)ccc(OC)c2CC(C(=O)OCC)C1=O. The van der Waals surface area contributed by atoms with E-state index < -0.39 is 29.6 Å². The molecule has 6 nitrogen and oxygen atoms in total. The maximum Gasteiger partial charge on any atom is 0.316 e. The molecule has 2 unspecified atom stereocenters. The number of hydrogen-bond donors (Lipinski definition) is 0. The molecular weight excluding hydrogens is 392 g/mol. The molecule has 0 saturated heterocycles. The highest BCUT2D eigenvalue weighted by Gasteiger charge is 2.42. The highest BCUT2D eigenvalue weighted by molar-refractivity contribution is 9.10. The number of methoxy groups -OCH3 is 1. The molecule has 0 aliphatic heterocycles. The van der Waals surface area contributed by atoms with E-state index in [0.717, 1.165) is 15.6 Å². The molecule has 7 heteroatoms. The topological polar surface area (TPSA) is 78.9 Å². The van der Waals surface area contributed by atoms with E-state index in [-0.39, 0.29) is 26.1 Å². The molecule has 0 bridgehead atoms. The van der Waals surface area contributed by atoms with Crippen LogP contribution in [-0.2, 0) is 36.7 Å². The summed E-state index contributed by atoms with van der Waals surface area (Å²) in [4.78, 5) is 37.6. The number of rotatable bonds is 5. The summed E-state index contributed by atoms with van der Waals surface area (Å²) in [6.45, 7) is 3.68. The van der Waals surface area contributed by atoms with Gasteiger partial charge in [0.2, 0.25) is 0 Å². The summed E-state index contributed by atoms with van der Waals surface area (Å²) in [6.07, 6.45) is 0.284. The highest BCUT2D eigenvalue weighted by Crippen LogP contribution is 2.37. The molecule has 0 saturated carbocycles. The molecule has 136 valence electrons. The molecule has 0 fully saturated rings. The van der Waals surface area contributed by atoms with Gasteiger partial charge >= 0.3 is 11.9 Å². The minimum atomic E-state index is -1.06. The van der Waals surface area contributed by atoms with Crippen LogP contribution in [-0.4, -0.2) is 38.0 Å². The second-order valence-electron chi connectivity index (χ2n) is 5.63. The Balaban J connectivity index is 2.55. The standard InChI is InChI=1S/C18H21BrO6/c1-4-24-17(21)12-8-10-11(15(23-3)7-6-14(10)19)9-13(16(12)20)18(22)25-5-2/h6-7,12-13H,4-5,8-9H2,1-3H3. The molecule has 0 radical (unpaired) electrons. The van der Waals surface area contributed by atoms with Gasteiger partial charge in [-0.3, -0.25) is 14.4 Å². The van der Waals surface area contributed by atoms with E-state index in [4.69, 9.17) is 14.2 Å². The number of ether oxygens (including phenoxy) is 3. The number of hydrogen-bond acceptors (Lipinski definition) is 6. The van der Waals surface area contributed by atoms with Gasteiger partial charge in [-0.25, -0.2) is 0 Å². The zero-order valence-corrected chi connectivity index (χ0v) is 16.1. The number of ketones is 1. The van der Waals surface area contributed by atoms with E-state index in [0.29, 0.717) is 5.75 Å². The van der Waals surface area contributed by atoms with Gasteiger partial charge in [0, 0.05) is 4.47 Å². The Bertz CT molecular complexity index is 684. The smallest absolute Gasteiger partial charge is 0.316 e. The van der Waals surface area contributed by atoms with Crippen LogP contribution in [0.1, 0.15) is 25.0 Å². The molecule has 0 heterocycles. The van der Waals surface area contributed by atoms with Crippen LogP contribution in [0.2, 0.25) is 0 Å². The van der Waals surface area contributed by atoms with Crippen LogP contribution in [0.3, 0.4) is 0 Å². The first-order chi connectivity index (χ1) is 11.9. The normalized spacial score (nSPS) is 19.6. The molecule has 0 spiro atoms. The Hall–Kier alpha value is -1.89. The van der Waals surface area contributed by atoms with Crippen molar-refractivity contribution in [1.82, 2.24) is 0 Å². The predicted octanol–water partition coefficient (Wildman–Crippen LogP) is 2.48. The molecule has 0 amide bonds. The Morgan fingerprint density at radius 1 is 1.04 bits per heavy atom. The molecule has 0 N–H and O–H groups in total. The van der Waals surface area contributed by atoms with E-state index in [2.05, 4.69) is 15.9 Å². The van der Waals surface area contributed by atoms with E-state index in [1.165, 1.54) is 7.11 Å². The fourth-order valence-corrected chi connectivity index (χ4v) is 3.55. The first kappa shape index (κ1) is 19.4. The molecule has 2 rings (SSSR count). The van der Waals surface area contributed by atoms with Gasteiger partial charge in [0.15, 0.2) is 5.78 Å². The van der Waals surface area contributed by atoms with Gasteiger partial charge in [-0.15, -0.1) is 0 Å². The number of benzene rings is 1. The molecule has 2 atom stereocenters. The van der Waals surface area contributed by atoms with Crippen molar-refractivity contribution in [2.75, 3.05) is 20.3 Å². The summed E-state index contributed by atoms with van der Waals surface area (Å²) in [5.74, 6) is -3.24. The summed E-state index contributed by atoms with van der Waals surface area (Å²) in [7, 11) is 1.53. The molecular formula is C18H21BrO6. The maximum absolute atomic E-state index is 12.9. The van der Waals surface area contributed by atoms with Crippen LogP contribution in [0.25, 0.3) is 0 Å². The van der Waals surface area contributed by atoms with Crippen LogP contribution >= 0.6 is 15.9 Å². The van der Waals surface area contributed by atoms with Crippen LogP contribution in [0, 0.1) is 11.8 Å². The molecule has 1 aromatic carbocycles. The van der Waals surface area contributed by atoms with Gasteiger partial charge in [-0.1, -0.05) is 15.9 Å². The second kappa shape index (κ2) is 8.47. The Morgan fingerprint density at radius 3 is 2.04 bits per heavy atom. The monoisotopic (exact) mass is 412 g/mol. The van der Waals surface area contributed by atoms with Crippen LogP contribution < -0.4 is 4.74 Å². The van der Waals surface area contributed by atoms with Crippen molar-refractivity contribution in [2.24, 2.45) is 11.8 Å². The van der Waals surface area contributed by atoms with Crippen molar-refractivity contribution in [2.45, 2.75) is 26.7 Å². The lowest BCUT2D eigenvalue weighted by molar-refractivity contribution is -0.157. The fraction of sp³-hybridized carbons (Fsp3) is 0.500. The van der Waals surface area contributed by atoms with Crippen molar-refractivity contribution in [3.63, 3.8) is 0 Å². The number of carbonyl (C=O) groups excluding carboxylic acids is 3.